The minimum Gasteiger partial charge on any atom is -0.497 e. The van der Waals surface area contributed by atoms with Gasteiger partial charge in [-0.3, -0.25) is 9.69 Å². The van der Waals surface area contributed by atoms with Gasteiger partial charge in [-0.25, -0.2) is 0 Å². The van der Waals surface area contributed by atoms with Crippen molar-refractivity contribution in [3.63, 3.8) is 0 Å². The molecular weight excluding hydrogens is 286 g/mol. The Morgan fingerprint density at radius 3 is 1.87 bits per heavy atom. The van der Waals surface area contributed by atoms with Gasteiger partial charge in [0.1, 0.15) is 11.5 Å². The van der Waals surface area contributed by atoms with Gasteiger partial charge in [-0.2, -0.15) is 0 Å². The topological polar surface area (TPSA) is 29.5 Å². The summed E-state index contributed by atoms with van der Waals surface area (Å²) in [6.07, 6.45) is 1.16. The molecular formula is C20H23NO2. The standard InChI is InChI=1S/C20H23NO2/c1-14-4-6-15(7-5-14)19-12-17(22)13-20(21(19)2)16-8-10-18(23-3)11-9-16/h4-11,19-20H,12-13H2,1-3H3/t19-,20+/m1/s1. The minimum absolute atomic E-state index is 0.119. The normalized spacial score (nSPS) is 22.1. The van der Waals surface area contributed by atoms with Crippen molar-refractivity contribution in [2.24, 2.45) is 0 Å². The van der Waals surface area contributed by atoms with E-state index in [0.29, 0.717) is 18.6 Å². The maximum atomic E-state index is 12.3. The van der Waals surface area contributed by atoms with Crippen molar-refractivity contribution < 1.29 is 9.53 Å². The third-order valence-electron chi connectivity index (χ3n) is 4.79. The molecule has 0 amide bonds. The Morgan fingerprint density at radius 1 is 0.913 bits per heavy atom. The number of benzene rings is 2. The summed E-state index contributed by atoms with van der Waals surface area (Å²) < 4.78 is 5.23. The minimum atomic E-state index is 0.119. The van der Waals surface area contributed by atoms with E-state index in [1.165, 1.54) is 16.7 Å². The zero-order chi connectivity index (χ0) is 16.4. The van der Waals surface area contributed by atoms with E-state index in [1.807, 2.05) is 12.1 Å². The van der Waals surface area contributed by atoms with E-state index < -0.39 is 0 Å². The molecule has 1 aliphatic heterocycles. The molecule has 0 radical (unpaired) electrons. The van der Waals surface area contributed by atoms with Gasteiger partial charge in [0.25, 0.3) is 0 Å². The summed E-state index contributed by atoms with van der Waals surface area (Å²) in [4.78, 5) is 14.6. The van der Waals surface area contributed by atoms with Crippen molar-refractivity contribution in [2.75, 3.05) is 14.2 Å². The van der Waals surface area contributed by atoms with Crippen LogP contribution in [0.1, 0.15) is 41.6 Å². The lowest BCUT2D eigenvalue weighted by Gasteiger charge is -2.39. The number of nitrogens with zero attached hydrogens (tertiary/aromatic N) is 1. The zero-order valence-electron chi connectivity index (χ0n) is 14.0. The third kappa shape index (κ3) is 3.30. The highest BCUT2D eigenvalue weighted by molar-refractivity contribution is 5.81. The number of rotatable bonds is 3. The molecule has 2 aromatic carbocycles. The molecule has 1 aliphatic rings. The number of hydrogen-bond acceptors (Lipinski definition) is 3. The summed E-state index contributed by atoms with van der Waals surface area (Å²) in [6, 6.07) is 16.8. The molecule has 1 fully saturated rings. The smallest absolute Gasteiger partial charge is 0.136 e. The first-order chi connectivity index (χ1) is 11.1. The lowest BCUT2D eigenvalue weighted by molar-refractivity contribution is -0.125. The fraction of sp³-hybridized carbons (Fsp3) is 0.350. The van der Waals surface area contributed by atoms with Gasteiger partial charge in [-0.05, 0) is 37.2 Å². The number of Topliss-reactive ketones (excluding diaryl/α,β-unsaturated/α-hetero) is 1. The van der Waals surface area contributed by atoms with E-state index in [1.54, 1.807) is 7.11 Å². The Bertz CT molecular complexity index is 676. The Morgan fingerprint density at radius 2 is 1.39 bits per heavy atom. The Kier molecular flexibility index (Phi) is 4.49. The molecule has 0 bridgehead atoms. The number of aryl methyl sites for hydroxylation is 1. The van der Waals surface area contributed by atoms with Gasteiger partial charge in [0.15, 0.2) is 0 Å². The van der Waals surface area contributed by atoms with Crippen molar-refractivity contribution in [1.29, 1.82) is 0 Å². The number of methoxy groups -OCH3 is 1. The summed E-state index contributed by atoms with van der Waals surface area (Å²) in [7, 11) is 3.78. The average Bonchev–Trinajstić information content (AvgIpc) is 2.57. The average molecular weight is 309 g/mol. The summed E-state index contributed by atoms with van der Waals surface area (Å²) in [5, 5.41) is 0. The molecule has 3 rings (SSSR count). The summed E-state index contributed by atoms with van der Waals surface area (Å²) in [6.45, 7) is 2.08. The number of likely N-dealkylation sites (tertiary alicyclic amines) is 1. The van der Waals surface area contributed by atoms with Crippen LogP contribution in [-0.2, 0) is 4.79 Å². The number of hydrogen-bond donors (Lipinski definition) is 0. The molecule has 2 aromatic rings. The molecule has 1 saturated heterocycles. The van der Waals surface area contributed by atoms with E-state index in [9.17, 15) is 4.79 Å². The van der Waals surface area contributed by atoms with Crippen LogP contribution < -0.4 is 4.74 Å². The predicted molar refractivity (Wildman–Crippen MR) is 91.7 cm³/mol. The van der Waals surface area contributed by atoms with Crippen molar-refractivity contribution in [3.8, 4) is 5.75 Å². The predicted octanol–water partition coefficient (Wildman–Crippen LogP) is 4.08. The van der Waals surface area contributed by atoms with Crippen molar-refractivity contribution in [3.05, 3.63) is 65.2 Å². The van der Waals surface area contributed by atoms with E-state index >= 15 is 0 Å². The van der Waals surface area contributed by atoms with Crippen molar-refractivity contribution >= 4 is 5.78 Å². The van der Waals surface area contributed by atoms with Crippen LogP contribution in [-0.4, -0.2) is 24.8 Å². The van der Waals surface area contributed by atoms with Crippen LogP contribution in [0.5, 0.6) is 5.75 Å². The quantitative estimate of drug-likeness (QED) is 0.855. The lowest BCUT2D eigenvalue weighted by Crippen LogP contribution is -2.37. The molecule has 0 saturated carbocycles. The summed E-state index contributed by atoms with van der Waals surface area (Å²) in [5.74, 6) is 1.17. The van der Waals surface area contributed by atoms with E-state index in [2.05, 4.69) is 55.3 Å². The Balaban J connectivity index is 1.88. The highest BCUT2D eigenvalue weighted by Crippen LogP contribution is 2.39. The maximum absolute atomic E-state index is 12.3. The van der Waals surface area contributed by atoms with Crippen molar-refractivity contribution in [2.45, 2.75) is 31.8 Å². The van der Waals surface area contributed by atoms with Crippen LogP contribution in [0, 0.1) is 6.92 Å². The van der Waals surface area contributed by atoms with E-state index in [-0.39, 0.29) is 12.1 Å². The Labute approximate surface area is 137 Å². The monoisotopic (exact) mass is 309 g/mol. The number of piperidine rings is 1. The second-order valence-electron chi connectivity index (χ2n) is 6.33. The first-order valence-corrected chi connectivity index (χ1v) is 8.02. The van der Waals surface area contributed by atoms with Gasteiger partial charge in [-0.1, -0.05) is 42.0 Å². The maximum Gasteiger partial charge on any atom is 0.136 e. The van der Waals surface area contributed by atoms with Gasteiger partial charge in [0.2, 0.25) is 0 Å². The molecule has 0 spiro atoms. The Hall–Kier alpha value is -2.13. The number of ether oxygens (including phenoxy) is 1. The fourth-order valence-electron chi connectivity index (χ4n) is 3.34. The van der Waals surface area contributed by atoms with Crippen molar-refractivity contribution in [1.82, 2.24) is 4.90 Å². The van der Waals surface area contributed by atoms with Crippen LogP contribution in [0.4, 0.5) is 0 Å². The summed E-state index contributed by atoms with van der Waals surface area (Å²) in [5.41, 5.74) is 3.62. The van der Waals surface area contributed by atoms with Gasteiger partial charge < -0.3 is 4.74 Å². The fourth-order valence-corrected chi connectivity index (χ4v) is 3.34. The van der Waals surface area contributed by atoms with Crippen LogP contribution in [0.15, 0.2) is 48.5 Å². The van der Waals surface area contributed by atoms with Gasteiger partial charge in [-0.15, -0.1) is 0 Å². The van der Waals surface area contributed by atoms with Crippen LogP contribution >= 0.6 is 0 Å². The lowest BCUT2D eigenvalue weighted by atomic mass is 9.87. The van der Waals surface area contributed by atoms with Gasteiger partial charge >= 0.3 is 0 Å². The molecule has 120 valence electrons. The third-order valence-corrected chi connectivity index (χ3v) is 4.79. The zero-order valence-corrected chi connectivity index (χ0v) is 14.0. The molecule has 0 N–H and O–H groups in total. The second kappa shape index (κ2) is 6.55. The van der Waals surface area contributed by atoms with Crippen LogP contribution in [0.3, 0.4) is 0 Å². The summed E-state index contributed by atoms with van der Waals surface area (Å²) >= 11 is 0. The first-order valence-electron chi connectivity index (χ1n) is 8.02. The SMILES string of the molecule is COc1ccc([C@@H]2CC(=O)C[C@H](c3ccc(C)cc3)N2C)cc1. The van der Waals surface area contributed by atoms with E-state index in [4.69, 9.17) is 4.74 Å². The highest BCUT2D eigenvalue weighted by Gasteiger charge is 2.33. The molecule has 3 heteroatoms. The van der Waals surface area contributed by atoms with Crippen LogP contribution in [0.2, 0.25) is 0 Å². The molecule has 1 heterocycles. The molecule has 0 unspecified atom stereocenters. The second-order valence-corrected chi connectivity index (χ2v) is 6.33. The van der Waals surface area contributed by atoms with Gasteiger partial charge in [0, 0.05) is 24.9 Å². The largest absolute Gasteiger partial charge is 0.497 e. The number of carbonyl (C=O) groups is 1. The van der Waals surface area contributed by atoms with E-state index in [0.717, 1.165) is 5.75 Å². The molecule has 0 aliphatic carbocycles. The van der Waals surface area contributed by atoms with Crippen LogP contribution in [0.25, 0.3) is 0 Å². The van der Waals surface area contributed by atoms with Gasteiger partial charge in [0.05, 0.1) is 7.11 Å². The molecule has 3 nitrogen and oxygen atoms in total. The molecule has 23 heavy (non-hydrogen) atoms. The molecule has 2 atom stereocenters. The first kappa shape index (κ1) is 15.8. The molecule has 0 aromatic heterocycles. The number of carbonyl (C=O) groups excluding carboxylic acids is 1. The highest BCUT2D eigenvalue weighted by atomic mass is 16.5. The number of ketones is 1.